The first-order chi connectivity index (χ1) is 9.45. The standard InChI is InChI=1S/C15H20FNO3/c1-3-17(10-14(18)19)15(20)11(2)8-9-12-6-4-5-7-13(12)16/h4-7,11H,3,8-10H2,1-2H3,(H,18,19). The van der Waals surface area contributed by atoms with Gasteiger partial charge in [0.15, 0.2) is 0 Å². The van der Waals surface area contributed by atoms with Crippen LogP contribution in [0.25, 0.3) is 0 Å². The lowest BCUT2D eigenvalue weighted by atomic mass is 9.99. The summed E-state index contributed by atoms with van der Waals surface area (Å²) in [5, 5.41) is 8.75. The van der Waals surface area contributed by atoms with Crippen LogP contribution in [0.1, 0.15) is 25.8 Å². The Kier molecular flexibility index (Phi) is 6.15. The van der Waals surface area contributed by atoms with Crippen molar-refractivity contribution in [2.45, 2.75) is 26.7 Å². The number of aliphatic carboxylic acids is 1. The van der Waals surface area contributed by atoms with Crippen LogP contribution in [0.3, 0.4) is 0 Å². The molecule has 1 amide bonds. The van der Waals surface area contributed by atoms with Crippen molar-refractivity contribution in [2.75, 3.05) is 13.1 Å². The fourth-order valence-electron chi connectivity index (χ4n) is 2.02. The van der Waals surface area contributed by atoms with Crippen LogP contribution >= 0.6 is 0 Å². The highest BCUT2D eigenvalue weighted by atomic mass is 19.1. The zero-order valence-corrected chi connectivity index (χ0v) is 11.8. The normalized spacial score (nSPS) is 11.9. The summed E-state index contributed by atoms with van der Waals surface area (Å²) in [5.74, 6) is -1.83. The summed E-state index contributed by atoms with van der Waals surface area (Å²) < 4.78 is 13.5. The van der Waals surface area contributed by atoms with Crippen LogP contribution in [-0.4, -0.2) is 35.0 Å². The van der Waals surface area contributed by atoms with E-state index in [2.05, 4.69) is 0 Å². The summed E-state index contributed by atoms with van der Waals surface area (Å²) in [7, 11) is 0. The van der Waals surface area contributed by atoms with Crippen molar-refractivity contribution < 1.29 is 19.1 Å². The molecule has 0 aliphatic rings. The fourth-order valence-corrected chi connectivity index (χ4v) is 2.02. The van der Waals surface area contributed by atoms with Gasteiger partial charge in [-0.2, -0.15) is 0 Å². The summed E-state index contributed by atoms with van der Waals surface area (Å²) in [4.78, 5) is 24.1. The van der Waals surface area contributed by atoms with Gasteiger partial charge < -0.3 is 10.0 Å². The van der Waals surface area contributed by atoms with Gasteiger partial charge in [-0.3, -0.25) is 9.59 Å². The second-order valence-corrected chi connectivity index (χ2v) is 4.78. The molecular formula is C15H20FNO3. The van der Waals surface area contributed by atoms with Crippen molar-refractivity contribution >= 4 is 11.9 Å². The molecule has 0 fully saturated rings. The molecule has 0 aliphatic carbocycles. The van der Waals surface area contributed by atoms with Gasteiger partial charge in [0, 0.05) is 12.5 Å². The van der Waals surface area contributed by atoms with Crippen LogP contribution in [0, 0.1) is 11.7 Å². The van der Waals surface area contributed by atoms with E-state index in [0.717, 1.165) is 0 Å². The third-order valence-corrected chi connectivity index (χ3v) is 3.25. The van der Waals surface area contributed by atoms with Gasteiger partial charge in [-0.15, -0.1) is 0 Å². The van der Waals surface area contributed by atoms with E-state index < -0.39 is 5.97 Å². The Morgan fingerprint density at radius 3 is 2.55 bits per heavy atom. The highest BCUT2D eigenvalue weighted by molar-refractivity contribution is 5.82. The Morgan fingerprint density at radius 2 is 2.00 bits per heavy atom. The molecule has 4 nitrogen and oxygen atoms in total. The first kappa shape index (κ1) is 16.1. The molecule has 0 bridgehead atoms. The molecule has 0 radical (unpaired) electrons. The number of carboxylic acid groups (broad SMARTS) is 1. The lowest BCUT2D eigenvalue weighted by molar-refractivity contribution is -0.146. The minimum absolute atomic E-state index is 0.203. The molecule has 0 spiro atoms. The molecule has 1 unspecified atom stereocenters. The molecule has 1 aromatic rings. The molecule has 1 atom stereocenters. The molecule has 1 aromatic carbocycles. The van der Waals surface area contributed by atoms with Crippen molar-refractivity contribution in [3.8, 4) is 0 Å². The fraction of sp³-hybridized carbons (Fsp3) is 0.467. The number of hydrogen-bond donors (Lipinski definition) is 1. The van der Waals surface area contributed by atoms with Crippen LogP contribution in [0.4, 0.5) is 4.39 Å². The quantitative estimate of drug-likeness (QED) is 0.834. The van der Waals surface area contributed by atoms with Crippen molar-refractivity contribution in [2.24, 2.45) is 5.92 Å². The van der Waals surface area contributed by atoms with Crippen LogP contribution in [0.15, 0.2) is 24.3 Å². The number of halogens is 1. The summed E-state index contributed by atoms with van der Waals surface area (Å²) in [5.41, 5.74) is 0.577. The van der Waals surface area contributed by atoms with Gasteiger partial charge in [0.05, 0.1) is 0 Å². The Hall–Kier alpha value is -1.91. The molecule has 1 N–H and O–H groups in total. The molecule has 1 rings (SSSR count). The van der Waals surface area contributed by atoms with Crippen LogP contribution in [-0.2, 0) is 16.0 Å². The highest BCUT2D eigenvalue weighted by Crippen LogP contribution is 2.15. The summed E-state index contributed by atoms with van der Waals surface area (Å²) in [6, 6.07) is 6.47. The van der Waals surface area contributed by atoms with Gasteiger partial charge in [-0.1, -0.05) is 25.1 Å². The number of carboxylic acids is 1. The zero-order chi connectivity index (χ0) is 15.1. The van der Waals surface area contributed by atoms with E-state index in [1.165, 1.54) is 11.0 Å². The molecule has 110 valence electrons. The third kappa shape index (κ3) is 4.64. The van der Waals surface area contributed by atoms with E-state index in [9.17, 15) is 14.0 Å². The largest absolute Gasteiger partial charge is 0.480 e. The number of rotatable bonds is 7. The number of carbonyl (C=O) groups is 2. The number of carbonyl (C=O) groups excluding carboxylic acids is 1. The Labute approximate surface area is 118 Å². The van der Waals surface area contributed by atoms with Gasteiger partial charge in [0.2, 0.25) is 5.91 Å². The minimum atomic E-state index is -1.03. The maximum Gasteiger partial charge on any atom is 0.323 e. The monoisotopic (exact) mass is 281 g/mol. The smallest absolute Gasteiger partial charge is 0.323 e. The molecule has 20 heavy (non-hydrogen) atoms. The molecule has 0 saturated heterocycles. The van der Waals surface area contributed by atoms with Crippen molar-refractivity contribution in [1.82, 2.24) is 4.90 Å². The molecule has 0 aliphatic heterocycles. The van der Waals surface area contributed by atoms with Gasteiger partial charge in [-0.05, 0) is 31.4 Å². The highest BCUT2D eigenvalue weighted by Gasteiger charge is 2.21. The third-order valence-electron chi connectivity index (χ3n) is 3.25. The predicted octanol–water partition coefficient (Wildman–Crippen LogP) is 2.33. The number of aryl methyl sites for hydroxylation is 1. The zero-order valence-electron chi connectivity index (χ0n) is 11.8. The van der Waals surface area contributed by atoms with Crippen LogP contribution < -0.4 is 0 Å². The summed E-state index contributed by atoms with van der Waals surface area (Å²) >= 11 is 0. The maximum atomic E-state index is 13.5. The van der Waals surface area contributed by atoms with Crippen molar-refractivity contribution in [1.29, 1.82) is 0 Å². The van der Waals surface area contributed by atoms with Crippen LogP contribution in [0.2, 0.25) is 0 Å². The van der Waals surface area contributed by atoms with E-state index in [4.69, 9.17) is 5.11 Å². The maximum absolute atomic E-state index is 13.5. The lowest BCUT2D eigenvalue weighted by Gasteiger charge is -2.22. The molecule has 0 aromatic heterocycles. The second kappa shape index (κ2) is 7.62. The van der Waals surface area contributed by atoms with E-state index in [0.29, 0.717) is 24.9 Å². The van der Waals surface area contributed by atoms with E-state index in [1.54, 1.807) is 32.0 Å². The first-order valence-corrected chi connectivity index (χ1v) is 6.69. The first-order valence-electron chi connectivity index (χ1n) is 6.69. The van der Waals surface area contributed by atoms with Crippen molar-refractivity contribution in [3.63, 3.8) is 0 Å². The molecule has 0 saturated carbocycles. The Balaban J connectivity index is 2.57. The van der Waals surface area contributed by atoms with Crippen LogP contribution in [0.5, 0.6) is 0 Å². The number of nitrogens with zero attached hydrogens (tertiary/aromatic N) is 1. The molecule has 5 heteroatoms. The summed E-state index contributed by atoms with van der Waals surface area (Å²) in [6.45, 7) is 3.55. The predicted molar refractivity (Wildman–Crippen MR) is 73.8 cm³/mol. The number of hydrogen-bond acceptors (Lipinski definition) is 2. The average molecular weight is 281 g/mol. The average Bonchev–Trinajstić information content (AvgIpc) is 2.42. The second-order valence-electron chi connectivity index (χ2n) is 4.78. The van der Waals surface area contributed by atoms with Gasteiger partial charge in [0.1, 0.15) is 12.4 Å². The van der Waals surface area contributed by atoms with Crippen molar-refractivity contribution in [3.05, 3.63) is 35.6 Å². The van der Waals surface area contributed by atoms with Gasteiger partial charge >= 0.3 is 5.97 Å². The summed E-state index contributed by atoms with van der Waals surface area (Å²) in [6.07, 6.45) is 0.958. The lowest BCUT2D eigenvalue weighted by Crippen LogP contribution is -2.38. The minimum Gasteiger partial charge on any atom is -0.480 e. The Bertz CT molecular complexity index is 476. The topological polar surface area (TPSA) is 57.6 Å². The van der Waals surface area contributed by atoms with Gasteiger partial charge in [-0.25, -0.2) is 4.39 Å². The van der Waals surface area contributed by atoms with E-state index in [-0.39, 0.29) is 24.2 Å². The number of likely N-dealkylation sites (N-methyl/N-ethyl adjacent to an activating group) is 1. The van der Waals surface area contributed by atoms with E-state index in [1.807, 2.05) is 0 Å². The molecular weight excluding hydrogens is 261 g/mol. The van der Waals surface area contributed by atoms with Gasteiger partial charge in [0.25, 0.3) is 0 Å². The SMILES string of the molecule is CCN(CC(=O)O)C(=O)C(C)CCc1ccccc1F. The number of amides is 1. The number of benzene rings is 1. The van der Waals surface area contributed by atoms with E-state index >= 15 is 0 Å². The Morgan fingerprint density at radius 1 is 1.35 bits per heavy atom. The molecule has 0 heterocycles.